The lowest BCUT2D eigenvalue weighted by Crippen LogP contribution is -2.50. The first-order valence-electron chi connectivity index (χ1n) is 11.7. The zero-order valence-corrected chi connectivity index (χ0v) is 21.5. The molecule has 1 aromatic carbocycles. The fourth-order valence-electron chi connectivity index (χ4n) is 4.05. The summed E-state index contributed by atoms with van der Waals surface area (Å²) in [5, 5.41) is 5.09. The molecule has 1 aliphatic carbocycles. The molecule has 200 valence electrons. The SMILES string of the molecule is CN(CC1CC1)[C@H](CNC(=O)c1ccc(Cl)s1)C(=O)Nc1ccc(N2CCOCC2=O)cc1C(F)(F)F. The van der Waals surface area contributed by atoms with Crippen molar-refractivity contribution in [3.05, 3.63) is 45.1 Å². The minimum atomic E-state index is -4.78. The molecule has 2 heterocycles. The van der Waals surface area contributed by atoms with Crippen LogP contribution in [0.4, 0.5) is 24.5 Å². The lowest BCUT2D eigenvalue weighted by molar-refractivity contribution is -0.137. The van der Waals surface area contributed by atoms with Crippen LogP contribution < -0.4 is 15.5 Å². The fourth-order valence-corrected chi connectivity index (χ4v) is 5.01. The number of benzene rings is 1. The van der Waals surface area contributed by atoms with E-state index in [0.29, 0.717) is 21.7 Å². The smallest absolute Gasteiger partial charge is 0.370 e. The van der Waals surface area contributed by atoms with Gasteiger partial charge in [0, 0.05) is 25.3 Å². The van der Waals surface area contributed by atoms with Crippen LogP contribution in [0.15, 0.2) is 30.3 Å². The average molecular weight is 559 g/mol. The van der Waals surface area contributed by atoms with Crippen LogP contribution in [0, 0.1) is 5.92 Å². The van der Waals surface area contributed by atoms with Crippen LogP contribution in [0.1, 0.15) is 28.1 Å². The van der Waals surface area contributed by atoms with Crippen LogP contribution in [-0.4, -0.2) is 68.6 Å². The summed E-state index contributed by atoms with van der Waals surface area (Å²) < 4.78 is 47.4. The number of amides is 3. The third-order valence-corrected chi connectivity index (χ3v) is 7.42. The molecule has 13 heteroatoms. The number of carbonyl (C=O) groups excluding carboxylic acids is 3. The van der Waals surface area contributed by atoms with Gasteiger partial charge in [0.1, 0.15) is 12.6 Å². The Hall–Kier alpha value is -2.67. The summed E-state index contributed by atoms with van der Waals surface area (Å²) in [6, 6.07) is 5.58. The van der Waals surface area contributed by atoms with Crippen molar-refractivity contribution in [3.63, 3.8) is 0 Å². The van der Waals surface area contributed by atoms with Gasteiger partial charge in [-0.05, 0) is 56.1 Å². The first-order chi connectivity index (χ1) is 17.5. The molecular formula is C24H26ClF3N4O4S. The number of thiophene rings is 1. The summed E-state index contributed by atoms with van der Waals surface area (Å²) in [5.74, 6) is -1.15. The maximum Gasteiger partial charge on any atom is 0.418 e. The highest BCUT2D eigenvalue weighted by Gasteiger charge is 2.37. The van der Waals surface area contributed by atoms with E-state index in [1.54, 1.807) is 24.1 Å². The maximum atomic E-state index is 14.0. The Morgan fingerprint density at radius 1 is 1.27 bits per heavy atom. The maximum absolute atomic E-state index is 14.0. The lowest BCUT2D eigenvalue weighted by Gasteiger charge is -2.29. The van der Waals surface area contributed by atoms with Crippen molar-refractivity contribution in [1.82, 2.24) is 10.2 Å². The van der Waals surface area contributed by atoms with Crippen molar-refractivity contribution in [2.75, 3.05) is 50.1 Å². The highest BCUT2D eigenvalue weighted by Crippen LogP contribution is 2.38. The van der Waals surface area contributed by atoms with E-state index >= 15 is 0 Å². The highest BCUT2D eigenvalue weighted by molar-refractivity contribution is 7.18. The normalized spacial score (nSPS) is 17.1. The van der Waals surface area contributed by atoms with Crippen molar-refractivity contribution in [2.24, 2.45) is 5.92 Å². The number of anilines is 2. The van der Waals surface area contributed by atoms with Crippen LogP contribution in [-0.2, 0) is 20.5 Å². The van der Waals surface area contributed by atoms with E-state index in [0.717, 1.165) is 36.3 Å². The van der Waals surface area contributed by atoms with Gasteiger partial charge in [-0.15, -0.1) is 11.3 Å². The van der Waals surface area contributed by atoms with Crippen molar-refractivity contribution in [3.8, 4) is 0 Å². The van der Waals surface area contributed by atoms with Gasteiger partial charge in [-0.3, -0.25) is 19.3 Å². The van der Waals surface area contributed by atoms with Crippen LogP contribution in [0.2, 0.25) is 4.34 Å². The number of halogens is 4. The van der Waals surface area contributed by atoms with Gasteiger partial charge in [-0.2, -0.15) is 13.2 Å². The summed E-state index contributed by atoms with van der Waals surface area (Å²) in [5.41, 5.74) is -1.43. The number of hydrogen-bond acceptors (Lipinski definition) is 6. The molecule has 2 aromatic rings. The summed E-state index contributed by atoms with van der Waals surface area (Å²) >= 11 is 6.97. The Balaban J connectivity index is 1.53. The molecule has 1 saturated heterocycles. The second kappa shape index (κ2) is 11.4. The van der Waals surface area contributed by atoms with Gasteiger partial charge < -0.3 is 20.3 Å². The van der Waals surface area contributed by atoms with Gasteiger partial charge in [0.15, 0.2) is 0 Å². The lowest BCUT2D eigenvalue weighted by atomic mass is 10.1. The van der Waals surface area contributed by atoms with E-state index < -0.39 is 41.2 Å². The van der Waals surface area contributed by atoms with Gasteiger partial charge in [0.25, 0.3) is 11.8 Å². The molecule has 1 aromatic heterocycles. The van der Waals surface area contributed by atoms with Crippen LogP contribution >= 0.6 is 22.9 Å². The van der Waals surface area contributed by atoms with Gasteiger partial charge in [0.05, 0.1) is 27.1 Å². The molecule has 2 aliphatic rings. The minimum absolute atomic E-state index is 0.0721. The van der Waals surface area contributed by atoms with Crippen LogP contribution in [0.3, 0.4) is 0 Å². The Bertz CT molecular complexity index is 1170. The third kappa shape index (κ3) is 7.01. The average Bonchev–Trinajstić information content (AvgIpc) is 3.55. The minimum Gasteiger partial charge on any atom is -0.370 e. The summed E-state index contributed by atoms with van der Waals surface area (Å²) in [6.45, 7) is 0.599. The Labute approximate surface area is 220 Å². The molecular weight excluding hydrogens is 533 g/mol. The molecule has 8 nitrogen and oxygen atoms in total. The molecule has 3 amide bonds. The van der Waals surface area contributed by atoms with Gasteiger partial charge in [0.2, 0.25) is 5.91 Å². The zero-order chi connectivity index (χ0) is 26.7. The first-order valence-corrected chi connectivity index (χ1v) is 12.9. The van der Waals surface area contributed by atoms with Crippen molar-refractivity contribution < 1.29 is 32.3 Å². The molecule has 2 N–H and O–H groups in total. The van der Waals surface area contributed by atoms with Crippen molar-refractivity contribution >= 4 is 52.0 Å². The number of morpholine rings is 1. The fraction of sp³-hybridized carbons (Fsp3) is 0.458. The van der Waals surface area contributed by atoms with E-state index in [9.17, 15) is 27.6 Å². The predicted octanol–water partition coefficient (Wildman–Crippen LogP) is 3.86. The first kappa shape index (κ1) is 27.4. The number of nitrogens with zero attached hydrogens (tertiary/aromatic N) is 2. The third-order valence-electron chi connectivity index (χ3n) is 6.19. The Morgan fingerprint density at radius 2 is 2.03 bits per heavy atom. The van der Waals surface area contributed by atoms with E-state index in [1.165, 1.54) is 11.0 Å². The molecule has 37 heavy (non-hydrogen) atoms. The molecule has 2 fully saturated rings. The monoisotopic (exact) mass is 558 g/mol. The van der Waals surface area contributed by atoms with Crippen molar-refractivity contribution in [1.29, 1.82) is 0 Å². The van der Waals surface area contributed by atoms with Gasteiger partial charge in [-0.1, -0.05) is 11.6 Å². The van der Waals surface area contributed by atoms with Crippen LogP contribution in [0.5, 0.6) is 0 Å². The second-order valence-electron chi connectivity index (χ2n) is 9.03. The summed E-state index contributed by atoms with van der Waals surface area (Å²) in [6.07, 6.45) is -2.76. The largest absolute Gasteiger partial charge is 0.418 e. The van der Waals surface area contributed by atoms with E-state index in [1.807, 2.05) is 0 Å². The number of ether oxygens (including phenoxy) is 1. The number of carbonyl (C=O) groups is 3. The number of alkyl halides is 3. The summed E-state index contributed by atoms with van der Waals surface area (Å²) in [4.78, 5) is 41.2. The summed E-state index contributed by atoms with van der Waals surface area (Å²) in [7, 11) is 1.70. The molecule has 4 rings (SSSR count). The van der Waals surface area contributed by atoms with Crippen molar-refractivity contribution in [2.45, 2.75) is 25.1 Å². The van der Waals surface area contributed by atoms with E-state index in [-0.39, 0.29) is 32.0 Å². The van der Waals surface area contributed by atoms with Crippen LogP contribution in [0.25, 0.3) is 0 Å². The predicted molar refractivity (Wildman–Crippen MR) is 134 cm³/mol. The molecule has 0 spiro atoms. The Kier molecular flexibility index (Phi) is 8.42. The number of nitrogens with one attached hydrogen (secondary N) is 2. The standard InChI is InChI=1S/C24H26ClF3N4O4S/c1-31(12-14-2-3-14)18(11-29-23(35)19-6-7-20(25)37-19)22(34)30-17-5-4-15(10-16(17)24(26,27)28)32-8-9-36-13-21(32)33/h4-7,10,14,18H,2-3,8-9,11-13H2,1H3,(H,29,35)(H,30,34)/t18-/m1/s1. The van der Waals surface area contributed by atoms with Gasteiger partial charge in [-0.25, -0.2) is 0 Å². The van der Waals surface area contributed by atoms with E-state index in [2.05, 4.69) is 10.6 Å². The highest BCUT2D eigenvalue weighted by atomic mass is 35.5. The van der Waals surface area contributed by atoms with Gasteiger partial charge >= 0.3 is 6.18 Å². The topological polar surface area (TPSA) is 91.0 Å². The second-order valence-corrected chi connectivity index (χ2v) is 10.7. The Morgan fingerprint density at radius 3 is 2.65 bits per heavy atom. The number of likely N-dealkylation sites (N-methyl/N-ethyl adjacent to an activating group) is 1. The number of hydrogen-bond donors (Lipinski definition) is 2. The molecule has 1 atom stereocenters. The van der Waals surface area contributed by atoms with E-state index in [4.69, 9.17) is 16.3 Å². The molecule has 0 bridgehead atoms. The molecule has 1 saturated carbocycles. The number of rotatable bonds is 9. The molecule has 0 radical (unpaired) electrons. The quantitative estimate of drug-likeness (QED) is 0.488. The molecule has 0 unspecified atom stereocenters. The zero-order valence-electron chi connectivity index (χ0n) is 19.9. The molecule has 1 aliphatic heterocycles.